The number of nitrogens with one attached hydrogen (secondary N) is 1. The fraction of sp³-hybridized carbons (Fsp3) is 0.500. The van der Waals surface area contributed by atoms with Crippen molar-refractivity contribution in [1.82, 2.24) is 14.8 Å². The van der Waals surface area contributed by atoms with Crippen LogP contribution in [0.2, 0.25) is 0 Å². The maximum Gasteiger partial charge on any atom is 0.339 e. The Morgan fingerprint density at radius 2 is 2.20 bits per heavy atom. The summed E-state index contributed by atoms with van der Waals surface area (Å²) in [5, 5.41) is 17.8. The molecule has 0 aromatic carbocycles. The highest BCUT2D eigenvalue weighted by atomic mass is 16.4. The summed E-state index contributed by atoms with van der Waals surface area (Å²) in [6.07, 6.45) is 3.45. The van der Waals surface area contributed by atoms with E-state index >= 15 is 0 Å². The number of aromatic nitrogens is 3. The van der Waals surface area contributed by atoms with Crippen molar-refractivity contribution < 1.29 is 9.90 Å². The minimum absolute atomic E-state index is 0.201. The summed E-state index contributed by atoms with van der Waals surface area (Å²) in [6, 6.07) is 0. The van der Waals surface area contributed by atoms with Crippen molar-refractivity contribution in [2.45, 2.75) is 40.2 Å². The molecule has 0 saturated carbocycles. The third kappa shape index (κ3) is 2.45. The summed E-state index contributed by atoms with van der Waals surface area (Å²) < 4.78 is 1.79. The molecule has 0 bridgehead atoms. The second kappa shape index (κ2) is 5.90. The molecule has 2 aromatic rings. The van der Waals surface area contributed by atoms with Crippen LogP contribution in [0.5, 0.6) is 0 Å². The number of rotatable bonds is 6. The first-order valence-electron chi connectivity index (χ1n) is 6.93. The van der Waals surface area contributed by atoms with Crippen LogP contribution >= 0.6 is 0 Å². The molecule has 0 aliphatic rings. The van der Waals surface area contributed by atoms with Crippen molar-refractivity contribution in [2.24, 2.45) is 0 Å². The van der Waals surface area contributed by atoms with E-state index in [1.54, 1.807) is 4.68 Å². The Bertz CT molecular complexity index is 634. The predicted molar refractivity (Wildman–Crippen MR) is 78.3 cm³/mol. The number of carboxylic acids is 1. The van der Waals surface area contributed by atoms with E-state index in [2.05, 4.69) is 22.3 Å². The van der Waals surface area contributed by atoms with Gasteiger partial charge in [0.05, 0.1) is 16.8 Å². The molecule has 0 unspecified atom stereocenters. The van der Waals surface area contributed by atoms with Crippen molar-refractivity contribution in [3.05, 3.63) is 17.5 Å². The molecule has 6 heteroatoms. The highest BCUT2D eigenvalue weighted by molar-refractivity contribution is 6.04. The van der Waals surface area contributed by atoms with Crippen molar-refractivity contribution in [3.8, 4) is 0 Å². The van der Waals surface area contributed by atoms with E-state index in [-0.39, 0.29) is 5.56 Å². The quantitative estimate of drug-likeness (QED) is 0.793. The van der Waals surface area contributed by atoms with Crippen LogP contribution in [-0.2, 0) is 6.54 Å². The number of unbranched alkanes of at least 4 members (excludes halogenated alkanes) is 1. The summed E-state index contributed by atoms with van der Waals surface area (Å²) in [5.74, 6) is -0.970. The molecule has 0 radical (unpaired) electrons. The Morgan fingerprint density at radius 1 is 1.45 bits per heavy atom. The van der Waals surface area contributed by atoms with Gasteiger partial charge in [-0.05, 0) is 20.3 Å². The highest BCUT2D eigenvalue weighted by Gasteiger charge is 2.19. The lowest BCUT2D eigenvalue weighted by molar-refractivity contribution is 0.0697. The van der Waals surface area contributed by atoms with Gasteiger partial charge in [-0.25, -0.2) is 14.5 Å². The zero-order valence-corrected chi connectivity index (χ0v) is 12.1. The van der Waals surface area contributed by atoms with Crippen LogP contribution < -0.4 is 5.32 Å². The van der Waals surface area contributed by atoms with Gasteiger partial charge in [-0.3, -0.25) is 0 Å². The minimum Gasteiger partial charge on any atom is -0.478 e. The Morgan fingerprint density at radius 3 is 2.80 bits per heavy atom. The van der Waals surface area contributed by atoms with Gasteiger partial charge in [0.1, 0.15) is 5.56 Å². The molecule has 0 atom stereocenters. The van der Waals surface area contributed by atoms with Crippen molar-refractivity contribution in [3.63, 3.8) is 0 Å². The van der Waals surface area contributed by atoms with Crippen molar-refractivity contribution in [1.29, 1.82) is 0 Å². The number of hydrogen-bond donors (Lipinski definition) is 2. The Kier molecular flexibility index (Phi) is 4.22. The molecule has 2 heterocycles. The molecule has 6 nitrogen and oxygen atoms in total. The van der Waals surface area contributed by atoms with Gasteiger partial charge in [0.15, 0.2) is 5.65 Å². The zero-order chi connectivity index (χ0) is 14.7. The van der Waals surface area contributed by atoms with Gasteiger partial charge < -0.3 is 10.4 Å². The van der Waals surface area contributed by atoms with E-state index in [9.17, 15) is 9.90 Å². The van der Waals surface area contributed by atoms with Gasteiger partial charge in [-0.2, -0.15) is 5.10 Å². The van der Waals surface area contributed by atoms with Crippen LogP contribution in [0, 0.1) is 6.92 Å². The largest absolute Gasteiger partial charge is 0.478 e. The van der Waals surface area contributed by atoms with Crippen LogP contribution in [0.15, 0.2) is 6.20 Å². The average molecular weight is 276 g/mol. The molecular formula is C14H20N4O2. The maximum atomic E-state index is 11.4. The SMILES string of the molecule is CCCCNc1c(C(=O)O)cnc2c1c(C)nn2CC. The van der Waals surface area contributed by atoms with Gasteiger partial charge in [-0.15, -0.1) is 0 Å². The number of pyridine rings is 1. The lowest BCUT2D eigenvalue weighted by atomic mass is 10.1. The second-order valence-corrected chi connectivity index (χ2v) is 4.73. The number of carbonyl (C=O) groups is 1. The molecule has 0 aliphatic heterocycles. The third-order valence-electron chi connectivity index (χ3n) is 3.30. The summed E-state index contributed by atoms with van der Waals surface area (Å²) in [7, 11) is 0. The number of nitrogens with zero attached hydrogens (tertiary/aromatic N) is 3. The predicted octanol–water partition coefficient (Wildman–Crippen LogP) is 2.67. The van der Waals surface area contributed by atoms with E-state index < -0.39 is 5.97 Å². The molecule has 2 aromatic heterocycles. The molecular weight excluding hydrogens is 256 g/mol. The number of aryl methyl sites for hydroxylation is 2. The van der Waals surface area contributed by atoms with Crippen LogP contribution in [-0.4, -0.2) is 32.4 Å². The van der Waals surface area contributed by atoms with Crippen LogP contribution in [0.1, 0.15) is 42.7 Å². The fourth-order valence-corrected chi connectivity index (χ4v) is 2.27. The van der Waals surface area contributed by atoms with E-state index in [1.807, 2.05) is 13.8 Å². The van der Waals surface area contributed by atoms with E-state index in [0.29, 0.717) is 12.2 Å². The fourth-order valence-electron chi connectivity index (χ4n) is 2.27. The van der Waals surface area contributed by atoms with Gasteiger partial charge in [0.2, 0.25) is 0 Å². The first-order chi connectivity index (χ1) is 9.60. The summed E-state index contributed by atoms with van der Waals surface area (Å²) in [5.41, 5.74) is 2.37. The Balaban J connectivity index is 2.60. The number of carboxylic acid groups (broad SMARTS) is 1. The van der Waals surface area contributed by atoms with Gasteiger partial charge >= 0.3 is 5.97 Å². The molecule has 0 spiro atoms. The third-order valence-corrected chi connectivity index (χ3v) is 3.30. The highest BCUT2D eigenvalue weighted by Crippen LogP contribution is 2.29. The molecule has 0 aliphatic carbocycles. The van der Waals surface area contributed by atoms with Crippen LogP contribution in [0.4, 0.5) is 5.69 Å². The molecule has 0 saturated heterocycles. The van der Waals surface area contributed by atoms with Gasteiger partial charge in [0, 0.05) is 19.3 Å². The van der Waals surface area contributed by atoms with E-state index in [0.717, 1.165) is 36.1 Å². The molecule has 108 valence electrons. The second-order valence-electron chi connectivity index (χ2n) is 4.73. The van der Waals surface area contributed by atoms with Crippen LogP contribution in [0.3, 0.4) is 0 Å². The maximum absolute atomic E-state index is 11.4. The zero-order valence-electron chi connectivity index (χ0n) is 12.1. The molecule has 2 rings (SSSR count). The lowest BCUT2D eigenvalue weighted by Gasteiger charge is -2.11. The smallest absolute Gasteiger partial charge is 0.339 e. The molecule has 2 N–H and O–H groups in total. The van der Waals surface area contributed by atoms with E-state index in [1.165, 1.54) is 6.20 Å². The monoisotopic (exact) mass is 276 g/mol. The molecule has 0 amide bonds. The summed E-state index contributed by atoms with van der Waals surface area (Å²) >= 11 is 0. The number of hydrogen-bond acceptors (Lipinski definition) is 4. The normalized spacial score (nSPS) is 10.9. The van der Waals surface area contributed by atoms with E-state index in [4.69, 9.17) is 0 Å². The standard InChI is InChI=1S/C14H20N4O2/c1-4-6-7-15-12-10(14(19)20)8-16-13-11(12)9(3)17-18(13)5-2/h8H,4-7H2,1-3H3,(H,15,16)(H,19,20). The van der Waals surface area contributed by atoms with Crippen molar-refractivity contribution in [2.75, 3.05) is 11.9 Å². The molecule has 20 heavy (non-hydrogen) atoms. The van der Waals surface area contributed by atoms with Crippen LogP contribution in [0.25, 0.3) is 11.0 Å². The average Bonchev–Trinajstić information content (AvgIpc) is 2.76. The lowest BCUT2D eigenvalue weighted by Crippen LogP contribution is -2.09. The summed E-state index contributed by atoms with van der Waals surface area (Å²) in [4.78, 5) is 15.6. The number of anilines is 1. The van der Waals surface area contributed by atoms with Gasteiger partial charge in [-0.1, -0.05) is 13.3 Å². The number of fused-ring (bicyclic) bond motifs is 1. The Hall–Kier alpha value is -2.11. The van der Waals surface area contributed by atoms with Crippen molar-refractivity contribution >= 4 is 22.7 Å². The van der Waals surface area contributed by atoms with Gasteiger partial charge in [0.25, 0.3) is 0 Å². The first kappa shape index (κ1) is 14.3. The molecule has 0 fully saturated rings. The minimum atomic E-state index is -0.970. The first-order valence-corrected chi connectivity index (χ1v) is 6.93. The number of aromatic carboxylic acids is 1. The summed E-state index contributed by atoms with van der Waals surface area (Å²) in [6.45, 7) is 7.42. The topological polar surface area (TPSA) is 80.0 Å². The Labute approximate surface area is 117 Å².